The van der Waals surface area contributed by atoms with Gasteiger partial charge in [0.25, 0.3) is 0 Å². The molecule has 30 heavy (non-hydrogen) atoms. The fourth-order valence-corrected chi connectivity index (χ4v) is 3.51. The van der Waals surface area contributed by atoms with E-state index in [0.29, 0.717) is 30.1 Å². The Hall–Kier alpha value is -2.74. The molecule has 3 rings (SSSR count). The number of amides is 1. The Bertz CT molecular complexity index is 898. The zero-order valence-electron chi connectivity index (χ0n) is 18.2. The van der Waals surface area contributed by atoms with Gasteiger partial charge in [-0.3, -0.25) is 9.78 Å². The topological polar surface area (TPSA) is 100 Å². The number of fused-ring (bicyclic) bond motifs is 1. The molecule has 0 saturated carbocycles. The third-order valence-corrected chi connectivity index (χ3v) is 5.72. The largest absolute Gasteiger partial charge is 0.490 e. The van der Waals surface area contributed by atoms with Gasteiger partial charge < -0.3 is 20.1 Å². The van der Waals surface area contributed by atoms with Crippen LogP contribution in [0.4, 0.5) is 5.82 Å². The summed E-state index contributed by atoms with van der Waals surface area (Å²) in [4.78, 5) is 27.6. The van der Waals surface area contributed by atoms with Crippen LogP contribution in [-0.4, -0.2) is 58.8 Å². The zero-order chi connectivity index (χ0) is 21.7. The molecule has 0 saturated heterocycles. The van der Waals surface area contributed by atoms with Crippen molar-refractivity contribution in [2.75, 3.05) is 32.1 Å². The van der Waals surface area contributed by atoms with Crippen LogP contribution in [0.3, 0.4) is 0 Å². The quantitative estimate of drug-likeness (QED) is 0.649. The number of ether oxygens (including phenoxy) is 1. The lowest BCUT2D eigenvalue weighted by atomic mass is 9.99. The maximum Gasteiger partial charge on any atom is 0.239 e. The van der Waals surface area contributed by atoms with Gasteiger partial charge >= 0.3 is 0 Å². The third kappa shape index (κ3) is 4.87. The standard InChI is InChI=1S/C22H31N5O3/c1-5-22(29,6-2)14-30-15-10-11-24-18(12-15)20-25-17-9-7-8-16(17)21(26-20)27(4)13-19(28)23-3/h10-12,29H,5-9,13-14H2,1-4H3,(H,23,28). The number of aryl methyl sites for hydroxylation is 1. The van der Waals surface area contributed by atoms with Crippen LogP contribution in [0, 0.1) is 0 Å². The monoisotopic (exact) mass is 413 g/mol. The molecule has 0 bridgehead atoms. The number of hydrogen-bond donors (Lipinski definition) is 2. The Labute approximate surface area is 177 Å². The maximum absolute atomic E-state index is 11.9. The number of carbonyl (C=O) groups is 1. The number of nitrogens with zero attached hydrogens (tertiary/aromatic N) is 4. The molecule has 1 aliphatic rings. The van der Waals surface area contributed by atoms with Gasteiger partial charge in [0.2, 0.25) is 5.91 Å². The predicted octanol–water partition coefficient (Wildman–Crippen LogP) is 2.14. The molecule has 8 nitrogen and oxygen atoms in total. The lowest BCUT2D eigenvalue weighted by Crippen LogP contribution is -2.34. The minimum Gasteiger partial charge on any atom is -0.490 e. The van der Waals surface area contributed by atoms with Crippen LogP contribution in [-0.2, 0) is 17.6 Å². The van der Waals surface area contributed by atoms with E-state index in [9.17, 15) is 9.90 Å². The number of rotatable bonds is 9. The average Bonchev–Trinajstić information content (AvgIpc) is 3.25. The number of aromatic nitrogens is 3. The molecule has 0 spiro atoms. The van der Waals surface area contributed by atoms with Gasteiger partial charge in [0, 0.05) is 37.6 Å². The second kappa shape index (κ2) is 9.38. The average molecular weight is 414 g/mol. The van der Waals surface area contributed by atoms with Crippen LogP contribution in [0.5, 0.6) is 5.75 Å². The van der Waals surface area contributed by atoms with E-state index >= 15 is 0 Å². The molecule has 0 aliphatic heterocycles. The van der Waals surface area contributed by atoms with Crippen molar-refractivity contribution in [3.8, 4) is 17.3 Å². The third-order valence-electron chi connectivity index (χ3n) is 5.72. The van der Waals surface area contributed by atoms with Crippen molar-refractivity contribution in [2.24, 2.45) is 0 Å². The number of pyridine rings is 1. The van der Waals surface area contributed by atoms with E-state index in [-0.39, 0.29) is 19.1 Å². The lowest BCUT2D eigenvalue weighted by molar-refractivity contribution is -0.119. The molecule has 2 aromatic heterocycles. The van der Waals surface area contributed by atoms with E-state index in [4.69, 9.17) is 14.7 Å². The maximum atomic E-state index is 11.9. The SMILES string of the molecule is CCC(O)(CC)COc1ccnc(-c2nc3c(c(N(C)CC(=O)NC)n2)CCC3)c1. The fourth-order valence-electron chi connectivity index (χ4n) is 3.51. The first-order valence-corrected chi connectivity index (χ1v) is 10.5. The Morgan fingerprint density at radius 1 is 1.30 bits per heavy atom. The minimum atomic E-state index is -0.844. The molecule has 2 heterocycles. The van der Waals surface area contributed by atoms with E-state index in [1.807, 2.05) is 25.8 Å². The molecule has 0 fully saturated rings. The number of hydrogen-bond acceptors (Lipinski definition) is 7. The molecule has 162 valence electrons. The van der Waals surface area contributed by atoms with Crippen LogP contribution in [0.15, 0.2) is 18.3 Å². The van der Waals surface area contributed by atoms with Crippen LogP contribution in [0.2, 0.25) is 0 Å². The van der Waals surface area contributed by atoms with Crippen LogP contribution in [0.1, 0.15) is 44.4 Å². The van der Waals surface area contributed by atoms with Crippen LogP contribution < -0.4 is 15.0 Å². The summed E-state index contributed by atoms with van der Waals surface area (Å²) in [5, 5.41) is 13.1. The summed E-state index contributed by atoms with van der Waals surface area (Å²) in [7, 11) is 3.49. The highest BCUT2D eigenvalue weighted by Gasteiger charge is 2.25. The normalized spacial score (nSPS) is 13.1. The molecule has 0 atom stereocenters. The van der Waals surface area contributed by atoms with E-state index in [1.54, 1.807) is 25.4 Å². The number of likely N-dealkylation sites (N-methyl/N-ethyl adjacent to an activating group) is 2. The first-order valence-electron chi connectivity index (χ1n) is 10.5. The second-order valence-corrected chi connectivity index (χ2v) is 7.78. The van der Waals surface area contributed by atoms with Gasteiger partial charge in [-0.2, -0.15) is 0 Å². The highest BCUT2D eigenvalue weighted by Crippen LogP contribution is 2.31. The van der Waals surface area contributed by atoms with Crippen molar-refractivity contribution in [2.45, 2.75) is 51.6 Å². The van der Waals surface area contributed by atoms with Gasteiger partial charge in [0.05, 0.1) is 12.1 Å². The summed E-state index contributed by atoms with van der Waals surface area (Å²) in [5.41, 5.74) is 1.88. The Balaban J connectivity index is 1.89. The van der Waals surface area contributed by atoms with E-state index < -0.39 is 5.60 Å². The zero-order valence-corrected chi connectivity index (χ0v) is 18.2. The molecule has 0 radical (unpaired) electrons. The first kappa shape index (κ1) is 22.0. The summed E-state index contributed by atoms with van der Waals surface area (Å²) in [5.74, 6) is 1.83. The minimum absolute atomic E-state index is 0.0720. The summed E-state index contributed by atoms with van der Waals surface area (Å²) < 4.78 is 5.84. The van der Waals surface area contributed by atoms with E-state index in [2.05, 4.69) is 10.3 Å². The summed E-state index contributed by atoms with van der Waals surface area (Å²) >= 11 is 0. The molecule has 2 N–H and O–H groups in total. The summed E-state index contributed by atoms with van der Waals surface area (Å²) in [6.07, 6.45) is 5.73. The van der Waals surface area contributed by atoms with E-state index in [0.717, 1.165) is 36.3 Å². The summed E-state index contributed by atoms with van der Waals surface area (Å²) in [6.45, 7) is 4.33. The predicted molar refractivity (Wildman–Crippen MR) is 116 cm³/mol. The molecule has 1 aliphatic carbocycles. The fraction of sp³-hybridized carbons (Fsp3) is 0.545. The van der Waals surface area contributed by atoms with Crippen molar-refractivity contribution in [1.29, 1.82) is 0 Å². The number of nitrogens with one attached hydrogen (secondary N) is 1. The van der Waals surface area contributed by atoms with Crippen molar-refractivity contribution in [3.63, 3.8) is 0 Å². The van der Waals surface area contributed by atoms with Crippen molar-refractivity contribution >= 4 is 11.7 Å². The van der Waals surface area contributed by atoms with E-state index in [1.165, 1.54) is 0 Å². The highest BCUT2D eigenvalue weighted by atomic mass is 16.5. The Morgan fingerprint density at radius 2 is 2.07 bits per heavy atom. The molecule has 2 aromatic rings. The number of anilines is 1. The van der Waals surface area contributed by atoms with Gasteiger partial charge in [-0.15, -0.1) is 0 Å². The van der Waals surface area contributed by atoms with Gasteiger partial charge in [-0.25, -0.2) is 9.97 Å². The molecular formula is C22H31N5O3. The summed E-state index contributed by atoms with van der Waals surface area (Å²) in [6, 6.07) is 3.56. The van der Waals surface area contributed by atoms with Crippen LogP contribution >= 0.6 is 0 Å². The molecular weight excluding hydrogens is 382 g/mol. The Morgan fingerprint density at radius 3 is 2.77 bits per heavy atom. The van der Waals surface area contributed by atoms with Gasteiger partial charge in [-0.05, 0) is 38.2 Å². The van der Waals surface area contributed by atoms with Crippen molar-refractivity contribution in [1.82, 2.24) is 20.3 Å². The number of carbonyl (C=O) groups excluding carboxylic acids is 1. The molecule has 8 heteroatoms. The Kier molecular flexibility index (Phi) is 6.87. The smallest absolute Gasteiger partial charge is 0.239 e. The molecule has 0 aromatic carbocycles. The first-order chi connectivity index (χ1) is 14.4. The van der Waals surface area contributed by atoms with Gasteiger partial charge in [0.15, 0.2) is 5.82 Å². The van der Waals surface area contributed by atoms with Gasteiger partial charge in [0.1, 0.15) is 23.9 Å². The van der Waals surface area contributed by atoms with Crippen LogP contribution in [0.25, 0.3) is 11.5 Å². The number of aliphatic hydroxyl groups is 1. The van der Waals surface area contributed by atoms with Crippen molar-refractivity contribution < 1.29 is 14.6 Å². The molecule has 0 unspecified atom stereocenters. The van der Waals surface area contributed by atoms with Gasteiger partial charge in [-0.1, -0.05) is 13.8 Å². The van der Waals surface area contributed by atoms with Crippen molar-refractivity contribution in [3.05, 3.63) is 29.6 Å². The highest BCUT2D eigenvalue weighted by molar-refractivity contribution is 5.81. The molecule has 1 amide bonds. The second-order valence-electron chi connectivity index (χ2n) is 7.78. The lowest BCUT2D eigenvalue weighted by Gasteiger charge is -2.25.